The number of benzene rings is 1. The second kappa shape index (κ2) is 5.39. The van der Waals surface area contributed by atoms with Gasteiger partial charge in [0.2, 0.25) is 0 Å². The van der Waals surface area contributed by atoms with Gasteiger partial charge < -0.3 is 9.12 Å². The van der Waals surface area contributed by atoms with E-state index in [1.54, 1.807) is 49.2 Å². The lowest BCUT2D eigenvalue weighted by Crippen LogP contribution is -2.37. The summed E-state index contributed by atoms with van der Waals surface area (Å²) in [5.41, 5.74) is 0.707. The van der Waals surface area contributed by atoms with Crippen LogP contribution in [0.2, 0.25) is 0 Å². The van der Waals surface area contributed by atoms with Crippen LogP contribution >= 0.6 is 0 Å². The number of aryl methyl sites for hydroxylation is 2. The van der Waals surface area contributed by atoms with Gasteiger partial charge in [0.15, 0.2) is 16.1 Å². The van der Waals surface area contributed by atoms with Gasteiger partial charge in [-0.3, -0.25) is 13.9 Å². The zero-order valence-corrected chi connectivity index (χ0v) is 14.0. The summed E-state index contributed by atoms with van der Waals surface area (Å²) in [6.07, 6.45) is 1.61. The summed E-state index contributed by atoms with van der Waals surface area (Å²) >= 11 is -1.05. The van der Waals surface area contributed by atoms with Crippen LogP contribution < -0.4 is 11.2 Å². The lowest BCUT2D eigenvalue weighted by atomic mass is 10.2. The smallest absolute Gasteiger partial charge is 0.332 e. The van der Waals surface area contributed by atoms with E-state index in [1.165, 1.54) is 11.6 Å². The maximum absolute atomic E-state index is 12.4. The summed E-state index contributed by atoms with van der Waals surface area (Å²) < 4.78 is 15.6. The molecule has 7 nitrogen and oxygen atoms in total. The van der Waals surface area contributed by atoms with Crippen molar-refractivity contribution < 1.29 is 4.55 Å². The van der Waals surface area contributed by atoms with E-state index in [0.717, 1.165) is 15.0 Å². The van der Waals surface area contributed by atoms with Crippen molar-refractivity contribution in [3.8, 4) is 11.4 Å². The van der Waals surface area contributed by atoms with Crippen molar-refractivity contribution >= 4 is 22.3 Å². The molecule has 1 unspecified atom stereocenters. The van der Waals surface area contributed by atoms with Crippen molar-refractivity contribution in [1.82, 2.24) is 18.7 Å². The van der Waals surface area contributed by atoms with Crippen LogP contribution in [0.5, 0.6) is 0 Å². The van der Waals surface area contributed by atoms with Crippen LogP contribution in [0.25, 0.3) is 22.6 Å². The molecular formula is C15H16N4O3S. The normalized spacial score (nSPS) is 12.7. The first-order chi connectivity index (χ1) is 10.8. The predicted octanol–water partition coefficient (Wildman–Crippen LogP) is 0.375. The molecule has 0 amide bonds. The van der Waals surface area contributed by atoms with Gasteiger partial charge in [0.25, 0.3) is 5.56 Å². The largest absolute Gasteiger partial charge is 0.612 e. The Hall–Kier alpha value is -2.32. The Morgan fingerprint density at radius 1 is 1.00 bits per heavy atom. The first kappa shape index (κ1) is 15.6. The highest BCUT2D eigenvalue weighted by atomic mass is 32.2. The van der Waals surface area contributed by atoms with E-state index >= 15 is 0 Å². The second-order valence-electron chi connectivity index (χ2n) is 5.35. The molecule has 3 rings (SSSR count). The molecule has 120 valence electrons. The Labute approximate surface area is 135 Å². The molecule has 0 N–H and O–H groups in total. The van der Waals surface area contributed by atoms with Crippen molar-refractivity contribution in [2.24, 2.45) is 21.1 Å². The lowest BCUT2D eigenvalue weighted by molar-refractivity contribution is 0.601. The first-order valence-electron chi connectivity index (χ1n) is 6.89. The van der Waals surface area contributed by atoms with E-state index in [9.17, 15) is 14.1 Å². The number of hydrogen-bond donors (Lipinski definition) is 0. The topological polar surface area (TPSA) is 84.9 Å². The molecule has 0 radical (unpaired) electrons. The summed E-state index contributed by atoms with van der Waals surface area (Å²) in [6.45, 7) is 0. The van der Waals surface area contributed by atoms with Gasteiger partial charge in [-0.1, -0.05) is 0 Å². The quantitative estimate of drug-likeness (QED) is 0.635. The minimum Gasteiger partial charge on any atom is -0.612 e. The van der Waals surface area contributed by atoms with Crippen LogP contribution in [0.1, 0.15) is 0 Å². The summed E-state index contributed by atoms with van der Waals surface area (Å²) in [6, 6.07) is 7.14. The molecule has 8 heteroatoms. The molecule has 23 heavy (non-hydrogen) atoms. The molecular weight excluding hydrogens is 316 g/mol. The highest BCUT2D eigenvalue weighted by Gasteiger charge is 2.18. The summed E-state index contributed by atoms with van der Waals surface area (Å²) in [5, 5.41) is 0. The molecule has 0 saturated carbocycles. The Balaban J connectivity index is 2.30. The van der Waals surface area contributed by atoms with Crippen molar-refractivity contribution in [3.63, 3.8) is 0 Å². The van der Waals surface area contributed by atoms with Crippen LogP contribution in [-0.2, 0) is 32.3 Å². The van der Waals surface area contributed by atoms with E-state index < -0.39 is 16.9 Å². The number of aromatic nitrogens is 4. The second-order valence-corrected chi connectivity index (χ2v) is 6.73. The van der Waals surface area contributed by atoms with Crippen LogP contribution in [0.3, 0.4) is 0 Å². The highest BCUT2D eigenvalue weighted by molar-refractivity contribution is 7.90. The van der Waals surface area contributed by atoms with Crippen LogP contribution in [-0.4, -0.2) is 29.5 Å². The zero-order valence-electron chi connectivity index (χ0n) is 13.2. The van der Waals surface area contributed by atoms with Crippen LogP contribution in [0.15, 0.2) is 38.8 Å². The Morgan fingerprint density at radius 3 is 2.17 bits per heavy atom. The molecule has 1 aromatic carbocycles. The molecule has 2 heterocycles. The van der Waals surface area contributed by atoms with Crippen LogP contribution in [0, 0.1) is 0 Å². The average molecular weight is 332 g/mol. The number of imidazole rings is 1. The average Bonchev–Trinajstić information content (AvgIpc) is 2.88. The van der Waals surface area contributed by atoms with E-state index in [0.29, 0.717) is 17.0 Å². The SMILES string of the molecule is Cn1c(=O)c2c(nc(-c3ccc([S+](C)[O-])cc3)n2C)n(C)c1=O. The van der Waals surface area contributed by atoms with Crippen LogP contribution in [0.4, 0.5) is 0 Å². The Bertz CT molecular complexity index is 1010. The fourth-order valence-corrected chi connectivity index (χ4v) is 3.09. The molecule has 0 saturated heterocycles. The lowest BCUT2D eigenvalue weighted by Gasteiger charge is -2.06. The van der Waals surface area contributed by atoms with Gasteiger partial charge >= 0.3 is 5.69 Å². The number of rotatable bonds is 2. The van der Waals surface area contributed by atoms with Gasteiger partial charge in [0.05, 0.1) is 0 Å². The summed E-state index contributed by atoms with van der Waals surface area (Å²) in [7, 11) is 4.77. The molecule has 0 aliphatic rings. The molecule has 0 aliphatic heterocycles. The number of fused-ring (bicyclic) bond motifs is 1. The minimum atomic E-state index is -1.05. The maximum Gasteiger partial charge on any atom is 0.332 e. The standard InChI is InChI=1S/C15H16N4O3S/c1-17-11-13(18(2)15(21)19(3)14(11)20)16-12(17)9-5-7-10(8-6-9)23(4)22/h5-8H,1-4H3. The molecule has 2 aromatic heterocycles. The van der Waals surface area contributed by atoms with Gasteiger partial charge in [-0.25, -0.2) is 9.78 Å². The molecule has 1 atom stereocenters. The van der Waals surface area contributed by atoms with Gasteiger partial charge in [-0.2, -0.15) is 0 Å². The van der Waals surface area contributed by atoms with Crippen molar-refractivity contribution in [3.05, 3.63) is 45.1 Å². The predicted molar refractivity (Wildman–Crippen MR) is 89.0 cm³/mol. The summed E-state index contributed by atoms with van der Waals surface area (Å²) in [5.74, 6) is 0.576. The van der Waals surface area contributed by atoms with Crippen molar-refractivity contribution in [1.29, 1.82) is 0 Å². The third-order valence-corrected chi connectivity index (χ3v) is 4.86. The van der Waals surface area contributed by atoms with E-state index in [2.05, 4.69) is 4.98 Å². The number of hydrogen-bond acceptors (Lipinski definition) is 4. The third-order valence-electron chi connectivity index (χ3n) is 3.92. The number of nitrogens with zero attached hydrogens (tertiary/aromatic N) is 4. The molecule has 0 spiro atoms. The third kappa shape index (κ3) is 2.30. The van der Waals surface area contributed by atoms with E-state index in [4.69, 9.17) is 0 Å². The first-order valence-corrected chi connectivity index (χ1v) is 8.45. The highest BCUT2D eigenvalue weighted by Crippen LogP contribution is 2.22. The fraction of sp³-hybridized carbons (Fsp3) is 0.267. The Kier molecular flexibility index (Phi) is 3.65. The summed E-state index contributed by atoms with van der Waals surface area (Å²) in [4.78, 5) is 29.6. The van der Waals surface area contributed by atoms with Gasteiger partial charge in [-0.05, 0) is 35.4 Å². The molecule has 3 aromatic rings. The van der Waals surface area contributed by atoms with Gasteiger partial charge in [0.1, 0.15) is 12.1 Å². The van der Waals surface area contributed by atoms with Crippen molar-refractivity contribution in [2.45, 2.75) is 4.90 Å². The fourth-order valence-electron chi connectivity index (χ4n) is 2.57. The molecule has 0 bridgehead atoms. The van der Waals surface area contributed by atoms with Gasteiger partial charge in [0, 0.05) is 26.7 Å². The Morgan fingerprint density at radius 2 is 1.61 bits per heavy atom. The minimum absolute atomic E-state index is 0.346. The van der Waals surface area contributed by atoms with E-state index in [-0.39, 0.29) is 5.56 Å². The molecule has 0 aliphatic carbocycles. The van der Waals surface area contributed by atoms with E-state index in [1.807, 2.05) is 0 Å². The molecule has 0 fully saturated rings. The van der Waals surface area contributed by atoms with Crippen molar-refractivity contribution in [2.75, 3.05) is 6.26 Å². The maximum atomic E-state index is 12.4. The van der Waals surface area contributed by atoms with Gasteiger partial charge in [-0.15, -0.1) is 0 Å². The zero-order chi connectivity index (χ0) is 16.9. The monoisotopic (exact) mass is 332 g/mol.